The summed E-state index contributed by atoms with van der Waals surface area (Å²) in [5, 5.41) is 1.19. The van der Waals surface area contributed by atoms with E-state index in [0.717, 1.165) is 15.3 Å². The molecule has 0 bridgehead atoms. The van der Waals surface area contributed by atoms with Crippen LogP contribution in [0.1, 0.15) is 29.3 Å². The van der Waals surface area contributed by atoms with Gasteiger partial charge in [0, 0.05) is 4.88 Å². The van der Waals surface area contributed by atoms with Gasteiger partial charge in [-0.1, -0.05) is 23.7 Å². The summed E-state index contributed by atoms with van der Waals surface area (Å²) in [6, 6.07) is 7.23. The predicted octanol–water partition coefficient (Wildman–Crippen LogP) is 4.39. The third-order valence-electron chi connectivity index (χ3n) is 3.58. The molecule has 6 heteroatoms. The maximum absolute atomic E-state index is 12.3. The van der Waals surface area contributed by atoms with Crippen LogP contribution in [0.3, 0.4) is 0 Å². The predicted molar refractivity (Wildman–Crippen MR) is 90.2 cm³/mol. The second-order valence-corrected chi connectivity index (χ2v) is 6.72. The maximum Gasteiger partial charge on any atom is 0.260 e. The van der Waals surface area contributed by atoms with Crippen LogP contribution < -0.4 is 10.3 Å². The average molecular weight is 335 g/mol. The molecule has 0 saturated carbocycles. The first-order valence-corrected chi connectivity index (χ1v) is 8.08. The van der Waals surface area contributed by atoms with E-state index in [4.69, 9.17) is 16.3 Å². The molecule has 1 N–H and O–H groups in total. The van der Waals surface area contributed by atoms with Crippen molar-refractivity contribution in [2.45, 2.75) is 26.9 Å². The molecule has 0 unspecified atom stereocenters. The van der Waals surface area contributed by atoms with E-state index in [1.165, 1.54) is 11.3 Å². The van der Waals surface area contributed by atoms with Gasteiger partial charge in [0.05, 0.1) is 10.4 Å². The topological polar surface area (TPSA) is 55.0 Å². The molecule has 0 aliphatic heterocycles. The summed E-state index contributed by atoms with van der Waals surface area (Å²) in [6.45, 7) is 5.76. The fourth-order valence-electron chi connectivity index (χ4n) is 2.25. The molecule has 0 spiro atoms. The third kappa shape index (κ3) is 2.62. The highest BCUT2D eigenvalue weighted by Crippen LogP contribution is 2.29. The van der Waals surface area contributed by atoms with Crippen molar-refractivity contribution in [2.75, 3.05) is 0 Å². The molecule has 3 aromatic rings. The molecule has 22 heavy (non-hydrogen) atoms. The fourth-order valence-corrected chi connectivity index (χ4v) is 3.47. The number of aromatic nitrogens is 2. The van der Waals surface area contributed by atoms with Crippen LogP contribution in [0.5, 0.6) is 5.75 Å². The smallest absolute Gasteiger partial charge is 0.260 e. The van der Waals surface area contributed by atoms with E-state index in [0.29, 0.717) is 22.0 Å². The Morgan fingerprint density at radius 2 is 2.05 bits per heavy atom. The number of aryl methyl sites for hydroxylation is 2. The summed E-state index contributed by atoms with van der Waals surface area (Å²) in [7, 11) is 0. The molecular weight excluding hydrogens is 320 g/mol. The zero-order valence-corrected chi connectivity index (χ0v) is 14.0. The largest absolute Gasteiger partial charge is 0.481 e. The number of ether oxygens (including phenoxy) is 1. The van der Waals surface area contributed by atoms with Crippen molar-refractivity contribution in [3.8, 4) is 5.75 Å². The Morgan fingerprint density at radius 3 is 2.77 bits per heavy atom. The van der Waals surface area contributed by atoms with E-state index in [9.17, 15) is 4.79 Å². The molecule has 0 aliphatic rings. The number of fused-ring (bicyclic) bond motifs is 1. The minimum absolute atomic E-state index is 0.128. The molecule has 0 amide bonds. The lowest BCUT2D eigenvalue weighted by Gasteiger charge is -2.14. The highest BCUT2D eigenvalue weighted by molar-refractivity contribution is 7.18. The summed E-state index contributed by atoms with van der Waals surface area (Å²) < 4.78 is 5.81. The number of nitrogens with zero attached hydrogens (tertiary/aromatic N) is 1. The van der Waals surface area contributed by atoms with Crippen LogP contribution in [0.25, 0.3) is 10.2 Å². The molecule has 2 heterocycles. The first-order valence-electron chi connectivity index (χ1n) is 6.88. The van der Waals surface area contributed by atoms with Crippen LogP contribution in [-0.4, -0.2) is 9.97 Å². The Bertz CT molecular complexity index is 901. The van der Waals surface area contributed by atoms with Gasteiger partial charge in [0.2, 0.25) is 0 Å². The number of para-hydroxylation sites is 1. The number of halogens is 1. The van der Waals surface area contributed by atoms with Crippen molar-refractivity contribution < 1.29 is 4.74 Å². The van der Waals surface area contributed by atoms with Gasteiger partial charge in [-0.2, -0.15) is 0 Å². The molecule has 1 atom stereocenters. The average Bonchev–Trinajstić information content (AvgIpc) is 2.76. The normalized spacial score (nSPS) is 12.5. The number of rotatable bonds is 3. The summed E-state index contributed by atoms with van der Waals surface area (Å²) >= 11 is 7.61. The van der Waals surface area contributed by atoms with Crippen molar-refractivity contribution in [3.63, 3.8) is 0 Å². The van der Waals surface area contributed by atoms with E-state index in [1.54, 1.807) is 12.1 Å². The second-order valence-electron chi connectivity index (χ2n) is 5.11. The van der Waals surface area contributed by atoms with Gasteiger partial charge >= 0.3 is 0 Å². The number of benzene rings is 1. The standard InChI is InChI=1S/C16H15ClN2O2S/c1-8-10(3)22-16-13(8)15(20)18-14(19-16)9(2)21-12-7-5-4-6-11(12)17/h4-7,9H,1-3H3,(H,18,19,20)/t9-/m0/s1. The van der Waals surface area contributed by atoms with Gasteiger partial charge in [0.25, 0.3) is 5.56 Å². The lowest BCUT2D eigenvalue weighted by atomic mass is 10.2. The maximum atomic E-state index is 12.3. The van der Waals surface area contributed by atoms with Crippen molar-refractivity contribution in [3.05, 3.63) is 55.9 Å². The lowest BCUT2D eigenvalue weighted by Crippen LogP contribution is -2.16. The molecule has 4 nitrogen and oxygen atoms in total. The van der Waals surface area contributed by atoms with E-state index in [2.05, 4.69) is 9.97 Å². The van der Waals surface area contributed by atoms with E-state index in [-0.39, 0.29) is 5.56 Å². The highest BCUT2D eigenvalue weighted by atomic mass is 35.5. The number of hydrogen-bond donors (Lipinski definition) is 1. The zero-order chi connectivity index (χ0) is 15.9. The van der Waals surface area contributed by atoms with Gasteiger partial charge in [0.15, 0.2) is 11.9 Å². The number of thiophene rings is 1. The Hall–Kier alpha value is -1.85. The third-order valence-corrected chi connectivity index (χ3v) is 5.00. The quantitative estimate of drug-likeness (QED) is 0.772. The zero-order valence-electron chi connectivity index (χ0n) is 12.4. The minimum atomic E-state index is -0.403. The van der Waals surface area contributed by atoms with Crippen molar-refractivity contribution in [1.82, 2.24) is 9.97 Å². The van der Waals surface area contributed by atoms with Crippen molar-refractivity contribution in [1.29, 1.82) is 0 Å². The van der Waals surface area contributed by atoms with Crippen molar-refractivity contribution in [2.24, 2.45) is 0 Å². The van der Waals surface area contributed by atoms with Crippen LogP contribution in [0.2, 0.25) is 5.02 Å². The van der Waals surface area contributed by atoms with E-state index >= 15 is 0 Å². The molecule has 0 aliphatic carbocycles. The van der Waals surface area contributed by atoms with E-state index < -0.39 is 6.10 Å². The molecule has 3 rings (SSSR count). The lowest BCUT2D eigenvalue weighted by molar-refractivity contribution is 0.217. The highest BCUT2D eigenvalue weighted by Gasteiger charge is 2.16. The fraction of sp³-hybridized carbons (Fsp3) is 0.250. The van der Waals surface area contributed by atoms with Gasteiger partial charge < -0.3 is 9.72 Å². The van der Waals surface area contributed by atoms with Crippen LogP contribution in [0.4, 0.5) is 0 Å². The van der Waals surface area contributed by atoms with Gasteiger partial charge in [-0.15, -0.1) is 11.3 Å². The van der Waals surface area contributed by atoms with E-state index in [1.807, 2.05) is 32.9 Å². The minimum Gasteiger partial charge on any atom is -0.481 e. The van der Waals surface area contributed by atoms with Crippen LogP contribution >= 0.6 is 22.9 Å². The molecule has 2 aromatic heterocycles. The van der Waals surface area contributed by atoms with Crippen molar-refractivity contribution >= 4 is 33.2 Å². The SMILES string of the molecule is Cc1sc2nc([C@H](C)Oc3ccccc3Cl)[nH]c(=O)c2c1C. The molecule has 0 fully saturated rings. The Balaban J connectivity index is 2.00. The summed E-state index contributed by atoms with van der Waals surface area (Å²) in [5.74, 6) is 1.07. The first kappa shape index (κ1) is 15.1. The number of hydrogen-bond acceptors (Lipinski definition) is 4. The molecule has 0 radical (unpaired) electrons. The first-order chi connectivity index (χ1) is 10.5. The molecule has 1 aromatic carbocycles. The Labute approximate surface area is 136 Å². The van der Waals surface area contributed by atoms with Gasteiger partial charge in [-0.25, -0.2) is 4.98 Å². The summed E-state index contributed by atoms with van der Waals surface area (Å²) in [4.78, 5) is 21.5. The number of H-pyrrole nitrogens is 1. The van der Waals surface area contributed by atoms with Crippen LogP contribution in [0, 0.1) is 13.8 Å². The summed E-state index contributed by atoms with van der Waals surface area (Å²) in [5.41, 5.74) is 0.858. The summed E-state index contributed by atoms with van der Waals surface area (Å²) in [6.07, 6.45) is -0.403. The Kier molecular flexibility index (Phi) is 3.93. The Morgan fingerprint density at radius 1 is 1.32 bits per heavy atom. The number of nitrogens with one attached hydrogen (secondary N) is 1. The molecule has 0 saturated heterocycles. The number of aromatic amines is 1. The van der Waals surface area contributed by atoms with Crippen LogP contribution in [-0.2, 0) is 0 Å². The molecule has 114 valence electrons. The van der Waals surface area contributed by atoms with Crippen LogP contribution in [0.15, 0.2) is 29.1 Å². The van der Waals surface area contributed by atoms with Gasteiger partial charge in [-0.05, 0) is 38.5 Å². The van der Waals surface area contributed by atoms with Gasteiger partial charge in [-0.3, -0.25) is 4.79 Å². The monoisotopic (exact) mass is 334 g/mol. The second kappa shape index (κ2) is 5.74. The van der Waals surface area contributed by atoms with Gasteiger partial charge in [0.1, 0.15) is 10.6 Å². The molecular formula is C16H15ClN2O2S.